The minimum Gasteiger partial charge on any atom is -0.347 e. The fourth-order valence-electron chi connectivity index (χ4n) is 2.10. The van der Waals surface area contributed by atoms with Crippen LogP contribution in [0.1, 0.15) is 30.1 Å². The predicted octanol–water partition coefficient (Wildman–Crippen LogP) is 0.172. The molecule has 0 atom stereocenters. The van der Waals surface area contributed by atoms with E-state index in [0.29, 0.717) is 29.8 Å². The highest BCUT2D eigenvalue weighted by Gasteiger charge is 2.26. The van der Waals surface area contributed by atoms with Gasteiger partial charge in [0, 0.05) is 25.0 Å². The molecule has 2 aromatic heterocycles. The van der Waals surface area contributed by atoms with E-state index in [1.807, 2.05) is 0 Å². The summed E-state index contributed by atoms with van der Waals surface area (Å²) in [5.41, 5.74) is 1.06. The van der Waals surface area contributed by atoms with Gasteiger partial charge in [0.25, 0.3) is 0 Å². The zero-order valence-corrected chi connectivity index (χ0v) is 12.5. The van der Waals surface area contributed by atoms with E-state index < -0.39 is 10.0 Å². The summed E-state index contributed by atoms with van der Waals surface area (Å²) < 4.78 is 27.4. The first-order valence-electron chi connectivity index (χ1n) is 6.81. The van der Waals surface area contributed by atoms with E-state index in [0.717, 1.165) is 12.8 Å². The Hall–Kier alpha value is -1.71. The van der Waals surface area contributed by atoms with Crippen molar-refractivity contribution in [2.45, 2.75) is 43.8 Å². The van der Waals surface area contributed by atoms with Gasteiger partial charge < -0.3 is 10.3 Å². The number of aromatic amines is 2. The third-order valence-corrected chi connectivity index (χ3v) is 4.95. The Kier molecular flexibility index (Phi) is 3.79. The lowest BCUT2D eigenvalue weighted by Crippen LogP contribution is -2.26. The zero-order chi connectivity index (χ0) is 14.9. The second kappa shape index (κ2) is 5.58. The van der Waals surface area contributed by atoms with Crippen LogP contribution in [0.2, 0.25) is 0 Å². The third-order valence-electron chi connectivity index (χ3n) is 3.35. The van der Waals surface area contributed by atoms with Gasteiger partial charge in [-0.15, -0.1) is 0 Å². The van der Waals surface area contributed by atoms with Crippen molar-refractivity contribution in [3.05, 3.63) is 29.6 Å². The normalized spacial score (nSPS) is 15.5. The molecule has 1 saturated carbocycles. The predicted molar refractivity (Wildman–Crippen MR) is 75.8 cm³/mol. The van der Waals surface area contributed by atoms with E-state index >= 15 is 0 Å². The van der Waals surface area contributed by atoms with Crippen molar-refractivity contribution in [2.24, 2.45) is 0 Å². The van der Waals surface area contributed by atoms with E-state index in [1.165, 1.54) is 0 Å². The van der Waals surface area contributed by atoms with Crippen LogP contribution in [0.5, 0.6) is 0 Å². The number of H-pyrrole nitrogens is 2. The van der Waals surface area contributed by atoms with Gasteiger partial charge in [-0.3, -0.25) is 5.10 Å². The molecule has 2 aromatic rings. The van der Waals surface area contributed by atoms with E-state index in [-0.39, 0.29) is 11.4 Å². The molecule has 1 fully saturated rings. The molecule has 2 heterocycles. The van der Waals surface area contributed by atoms with E-state index in [9.17, 15) is 8.42 Å². The Morgan fingerprint density at radius 1 is 1.38 bits per heavy atom. The summed E-state index contributed by atoms with van der Waals surface area (Å²) in [6.07, 6.45) is 5.51. The highest BCUT2D eigenvalue weighted by Crippen LogP contribution is 2.22. The van der Waals surface area contributed by atoms with E-state index in [2.05, 4.69) is 30.2 Å². The van der Waals surface area contributed by atoms with Crippen LogP contribution in [0.3, 0.4) is 0 Å². The standard InChI is InChI=1S/C12H18N6O2S/c1-8-12(10(18-17-8)6-15-9-2-3-9)21(19,20)16-7-11-13-4-5-14-11/h4-5,9,15-16H,2-3,6-7H2,1H3,(H,13,14)(H,17,18). The first-order valence-corrected chi connectivity index (χ1v) is 8.30. The maximum absolute atomic E-state index is 12.4. The van der Waals surface area contributed by atoms with Crippen LogP contribution in [0.15, 0.2) is 17.3 Å². The Balaban J connectivity index is 1.75. The molecule has 0 bridgehead atoms. The monoisotopic (exact) mass is 310 g/mol. The van der Waals surface area contributed by atoms with Gasteiger partial charge in [0.2, 0.25) is 10.0 Å². The number of nitrogens with one attached hydrogen (secondary N) is 4. The zero-order valence-electron chi connectivity index (χ0n) is 11.7. The van der Waals surface area contributed by atoms with Gasteiger partial charge in [0.1, 0.15) is 10.7 Å². The van der Waals surface area contributed by atoms with Crippen LogP contribution in [0, 0.1) is 6.92 Å². The summed E-state index contributed by atoms with van der Waals surface area (Å²) in [5.74, 6) is 0.567. The summed E-state index contributed by atoms with van der Waals surface area (Å²) in [5, 5.41) is 10.1. The summed E-state index contributed by atoms with van der Waals surface area (Å²) in [6.45, 7) is 2.27. The molecule has 0 aromatic carbocycles. The lowest BCUT2D eigenvalue weighted by molar-refractivity contribution is 0.575. The summed E-state index contributed by atoms with van der Waals surface area (Å²) in [4.78, 5) is 7.08. The summed E-state index contributed by atoms with van der Waals surface area (Å²) in [6, 6.07) is 0.494. The van der Waals surface area contributed by atoms with Crippen molar-refractivity contribution in [2.75, 3.05) is 0 Å². The van der Waals surface area contributed by atoms with Crippen LogP contribution < -0.4 is 10.0 Å². The number of hydrogen-bond acceptors (Lipinski definition) is 5. The Bertz CT molecular complexity index is 702. The van der Waals surface area contributed by atoms with Crippen LogP contribution in [0.25, 0.3) is 0 Å². The molecular formula is C12H18N6O2S. The molecule has 4 N–H and O–H groups in total. The van der Waals surface area contributed by atoms with Gasteiger partial charge >= 0.3 is 0 Å². The van der Waals surface area contributed by atoms with Crippen LogP contribution in [0.4, 0.5) is 0 Å². The lowest BCUT2D eigenvalue weighted by atomic mass is 10.3. The Morgan fingerprint density at radius 3 is 2.86 bits per heavy atom. The molecule has 9 heteroatoms. The molecule has 8 nitrogen and oxygen atoms in total. The van der Waals surface area contributed by atoms with Crippen LogP contribution in [-0.4, -0.2) is 34.6 Å². The van der Waals surface area contributed by atoms with Gasteiger partial charge in [-0.2, -0.15) is 5.10 Å². The maximum atomic E-state index is 12.4. The van der Waals surface area contributed by atoms with Gasteiger partial charge in [0.15, 0.2) is 0 Å². The van der Waals surface area contributed by atoms with Crippen molar-refractivity contribution in [1.29, 1.82) is 0 Å². The van der Waals surface area contributed by atoms with E-state index in [4.69, 9.17) is 0 Å². The molecule has 0 amide bonds. The van der Waals surface area contributed by atoms with Crippen LogP contribution in [-0.2, 0) is 23.1 Å². The minimum absolute atomic E-state index is 0.120. The molecule has 0 radical (unpaired) electrons. The summed E-state index contributed by atoms with van der Waals surface area (Å²) >= 11 is 0. The number of sulfonamides is 1. The molecule has 0 spiro atoms. The van der Waals surface area contributed by atoms with Gasteiger partial charge in [0.05, 0.1) is 17.9 Å². The molecule has 3 rings (SSSR count). The largest absolute Gasteiger partial charge is 0.347 e. The number of aryl methyl sites for hydroxylation is 1. The van der Waals surface area contributed by atoms with Crippen molar-refractivity contribution in [1.82, 2.24) is 30.2 Å². The van der Waals surface area contributed by atoms with Crippen molar-refractivity contribution >= 4 is 10.0 Å². The van der Waals surface area contributed by atoms with Crippen molar-refractivity contribution < 1.29 is 8.42 Å². The number of hydrogen-bond donors (Lipinski definition) is 4. The van der Waals surface area contributed by atoms with Crippen molar-refractivity contribution in [3.8, 4) is 0 Å². The molecule has 1 aliphatic carbocycles. The number of nitrogens with zero attached hydrogens (tertiary/aromatic N) is 2. The average molecular weight is 310 g/mol. The second-order valence-electron chi connectivity index (χ2n) is 5.14. The molecule has 114 valence electrons. The lowest BCUT2D eigenvalue weighted by Gasteiger charge is -2.07. The molecule has 0 unspecified atom stereocenters. The smallest absolute Gasteiger partial charge is 0.244 e. The van der Waals surface area contributed by atoms with Crippen molar-refractivity contribution in [3.63, 3.8) is 0 Å². The number of aromatic nitrogens is 4. The topological polar surface area (TPSA) is 116 Å². The maximum Gasteiger partial charge on any atom is 0.244 e. The van der Waals surface area contributed by atoms with Gasteiger partial charge in [-0.1, -0.05) is 0 Å². The fourth-order valence-corrected chi connectivity index (χ4v) is 3.45. The van der Waals surface area contributed by atoms with Gasteiger partial charge in [-0.05, 0) is 19.8 Å². The number of imidazole rings is 1. The first kappa shape index (κ1) is 14.2. The van der Waals surface area contributed by atoms with E-state index in [1.54, 1.807) is 19.3 Å². The third kappa shape index (κ3) is 3.31. The minimum atomic E-state index is -3.63. The van der Waals surface area contributed by atoms with Gasteiger partial charge in [-0.25, -0.2) is 18.1 Å². The quantitative estimate of drug-likeness (QED) is 0.582. The fraction of sp³-hybridized carbons (Fsp3) is 0.500. The Morgan fingerprint density at radius 2 is 2.19 bits per heavy atom. The SMILES string of the molecule is Cc1[nH]nc(CNC2CC2)c1S(=O)(=O)NCc1ncc[nH]1. The molecule has 0 aliphatic heterocycles. The highest BCUT2D eigenvalue weighted by molar-refractivity contribution is 7.89. The molecule has 0 saturated heterocycles. The summed E-state index contributed by atoms with van der Waals surface area (Å²) in [7, 11) is -3.63. The molecule has 21 heavy (non-hydrogen) atoms. The Labute approximate surface area is 122 Å². The second-order valence-corrected chi connectivity index (χ2v) is 6.84. The molecular weight excluding hydrogens is 292 g/mol. The average Bonchev–Trinajstić information content (AvgIpc) is 2.97. The first-order chi connectivity index (χ1) is 10.1. The molecule has 1 aliphatic rings. The number of rotatable bonds is 7. The highest BCUT2D eigenvalue weighted by atomic mass is 32.2. The van der Waals surface area contributed by atoms with Crippen LogP contribution >= 0.6 is 0 Å².